The van der Waals surface area contributed by atoms with E-state index in [1.165, 1.54) is 12.8 Å². The van der Waals surface area contributed by atoms with Crippen LogP contribution in [0, 0.1) is 0 Å². The number of aromatic nitrogens is 1. The Kier molecular flexibility index (Phi) is 3.75. The molecule has 1 aliphatic heterocycles. The maximum absolute atomic E-state index is 5.45. The molecule has 1 atom stereocenters. The Morgan fingerprint density at radius 1 is 1.60 bits per heavy atom. The van der Waals surface area contributed by atoms with Gasteiger partial charge in [-0.3, -0.25) is 0 Å². The zero-order chi connectivity index (χ0) is 10.5. The molecule has 0 bridgehead atoms. The van der Waals surface area contributed by atoms with Crippen molar-refractivity contribution in [3.63, 3.8) is 0 Å². The maximum Gasteiger partial charge on any atom is 0.195 e. The van der Waals surface area contributed by atoms with E-state index in [1.807, 2.05) is 0 Å². The lowest BCUT2D eigenvalue weighted by Crippen LogP contribution is -2.23. The van der Waals surface area contributed by atoms with Crippen LogP contribution < -0.4 is 11.1 Å². The Morgan fingerprint density at radius 3 is 3.27 bits per heavy atom. The van der Waals surface area contributed by atoms with Crippen LogP contribution in [0.5, 0.6) is 0 Å². The summed E-state index contributed by atoms with van der Waals surface area (Å²) >= 11 is 0. The number of rotatable bonds is 5. The average molecular weight is 209 g/mol. The Morgan fingerprint density at radius 2 is 2.53 bits per heavy atom. The molecular weight excluding hydrogens is 190 g/mol. The molecule has 2 rings (SSSR count). The molecule has 0 radical (unpaired) electrons. The fourth-order valence-electron chi connectivity index (χ4n) is 1.98. The van der Waals surface area contributed by atoms with Crippen molar-refractivity contribution in [2.24, 2.45) is 5.73 Å². The Balaban J connectivity index is 1.83. The van der Waals surface area contributed by atoms with Gasteiger partial charge < -0.3 is 15.5 Å². The highest BCUT2D eigenvalue weighted by molar-refractivity contribution is 4.98. The Hall–Kier alpha value is -0.870. The summed E-state index contributed by atoms with van der Waals surface area (Å²) in [6, 6.07) is 0.561. The van der Waals surface area contributed by atoms with Crippen LogP contribution in [0.15, 0.2) is 10.7 Å². The molecule has 4 nitrogen and oxygen atoms in total. The lowest BCUT2D eigenvalue weighted by atomic mass is 10.1. The Labute approximate surface area is 90.2 Å². The number of hydrogen-bond acceptors (Lipinski definition) is 4. The summed E-state index contributed by atoms with van der Waals surface area (Å²) in [5.74, 6) is 0.862. The second kappa shape index (κ2) is 5.28. The average Bonchev–Trinajstić information content (AvgIpc) is 2.87. The molecule has 1 unspecified atom stereocenters. The number of nitrogens with zero attached hydrogens (tertiary/aromatic N) is 1. The van der Waals surface area contributed by atoms with Gasteiger partial charge in [0.05, 0.1) is 5.69 Å². The van der Waals surface area contributed by atoms with E-state index in [-0.39, 0.29) is 0 Å². The molecule has 3 N–H and O–H groups in total. The molecule has 0 amide bonds. The van der Waals surface area contributed by atoms with E-state index in [2.05, 4.69) is 10.3 Å². The molecule has 84 valence electrons. The number of nitrogens with one attached hydrogen (secondary N) is 1. The quantitative estimate of drug-likeness (QED) is 0.755. The summed E-state index contributed by atoms with van der Waals surface area (Å²) in [7, 11) is 0. The molecule has 2 heterocycles. The molecule has 4 heteroatoms. The van der Waals surface area contributed by atoms with E-state index >= 15 is 0 Å². The molecule has 1 aromatic rings. The largest absolute Gasteiger partial charge is 0.449 e. The topological polar surface area (TPSA) is 64.1 Å². The smallest absolute Gasteiger partial charge is 0.195 e. The number of nitrogens with two attached hydrogens (primary N) is 1. The molecule has 0 spiro atoms. The molecule has 0 aliphatic carbocycles. The van der Waals surface area contributed by atoms with E-state index in [1.54, 1.807) is 6.26 Å². The van der Waals surface area contributed by atoms with Crippen LogP contribution in [-0.2, 0) is 12.8 Å². The molecule has 0 saturated carbocycles. The van der Waals surface area contributed by atoms with E-state index in [0.29, 0.717) is 12.6 Å². The fraction of sp³-hybridized carbons (Fsp3) is 0.727. The van der Waals surface area contributed by atoms with Gasteiger partial charge in [-0.15, -0.1) is 0 Å². The summed E-state index contributed by atoms with van der Waals surface area (Å²) in [4.78, 5) is 4.45. The third-order valence-corrected chi connectivity index (χ3v) is 2.82. The first-order valence-corrected chi connectivity index (χ1v) is 5.75. The van der Waals surface area contributed by atoms with Gasteiger partial charge in [-0.2, -0.15) is 0 Å². The van der Waals surface area contributed by atoms with Gasteiger partial charge in [0.25, 0.3) is 0 Å². The minimum atomic E-state index is 0.561. The molecule has 1 saturated heterocycles. The SMILES string of the molecule is NCCCc1coc(CC2CCCN2)n1. The van der Waals surface area contributed by atoms with E-state index in [9.17, 15) is 0 Å². The van der Waals surface area contributed by atoms with E-state index in [0.717, 1.165) is 37.4 Å². The first-order chi connectivity index (χ1) is 7.38. The molecule has 1 aliphatic rings. The second-order valence-electron chi connectivity index (χ2n) is 4.12. The van der Waals surface area contributed by atoms with Gasteiger partial charge >= 0.3 is 0 Å². The van der Waals surface area contributed by atoms with Crippen LogP contribution >= 0.6 is 0 Å². The maximum atomic E-state index is 5.45. The summed E-state index contributed by atoms with van der Waals surface area (Å²) < 4.78 is 5.43. The number of hydrogen-bond donors (Lipinski definition) is 2. The van der Waals surface area contributed by atoms with Crippen LogP contribution in [0.25, 0.3) is 0 Å². The van der Waals surface area contributed by atoms with Crippen molar-refractivity contribution in [2.45, 2.75) is 38.1 Å². The highest BCUT2D eigenvalue weighted by Crippen LogP contribution is 2.12. The number of oxazole rings is 1. The van der Waals surface area contributed by atoms with Crippen molar-refractivity contribution in [3.05, 3.63) is 17.8 Å². The number of aryl methyl sites for hydroxylation is 1. The van der Waals surface area contributed by atoms with Gasteiger partial charge in [-0.25, -0.2) is 4.98 Å². The van der Waals surface area contributed by atoms with Crippen molar-refractivity contribution >= 4 is 0 Å². The Bertz CT molecular complexity index is 292. The standard InChI is InChI=1S/C11H19N3O/c12-5-1-3-10-8-15-11(14-10)7-9-4-2-6-13-9/h8-9,13H,1-7,12H2. The van der Waals surface area contributed by atoms with Crippen LogP contribution in [0.4, 0.5) is 0 Å². The molecule has 1 fully saturated rings. The summed E-state index contributed by atoms with van der Waals surface area (Å²) in [5.41, 5.74) is 6.48. The molecular formula is C11H19N3O. The van der Waals surface area contributed by atoms with Crippen LogP contribution in [0.3, 0.4) is 0 Å². The van der Waals surface area contributed by atoms with E-state index in [4.69, 9.17) is 10.2 Å². The second-order valence-corrected chi connectivity index (χ2v) is 4.12. The van der Waals surface area contributed by atoms with E-state index < -0.39 is 0 Å². The van der Waals surface area contributed by atoms with Gasteiger partial charge in [0, 0.05) is 12.5 Å². The van der Waals surface area contributed by atoms with Gasteiger partial charge in [0.2, 0.25) is 0 Å². The normalized spacial score (nSPS) is 21.0. The minimum Gasteiger partial charge on any atom is -0.449 e. The predicted octanol–water partition coefficient (Wildman–Crippen LogP) is 0.860. The first-order valence-electron chi connectivity index (χ1n) is 5.75. The lowest BCUT2D eigenvalue weighted by Gasteiger charge is -2.05. The van der Waals surface area contributed by atoms with Gasteiger partial charge in [-0.1, -0.05) is 0 Å². The zero-order valence-electron chi connectivity index (χ0n) is 9.04. The minimum absolute atomic E-state index is 0.561. The van der Waals surface area contributed by atoms with Gasteiger partial charge in [-0.05, 0) is 38.8 Å². The van der Waals surface area contributed by atoms with Crippen molar-refractivity contribution in [1.29, 1.82) is 0 Å². The van der Waals surface area contributed by atoms with Crippen LogP contribution in [-0.4, -0.2) is 24.1 Å². The van der Waals surface area contributed by atoms with Gasteiger partial charge in [0.15, 0.2) is 5.89 Å². The molecule has 0 aromatic carbocycles. The molecule has 1 aromatic heterocycles. The lowest BCUT2D eigenvalue weighted by molar-refractivity contribution is 0.456. The monoisotopic (exact) mass is 209 g/mol. The molecule has 15 heavy (non-hydrogen) atoms. The summed E-state index contributed by atoms with van der Waals surface area (Å²) in [6.07, 6.45) is 7.10. The third-order valence-electron chi connectivity index (χ3n) is 2.82. The van der Waals surface area contributed by atoms with Crippen LogP contribution in [0.2, 0.25) is 0 Å². The van der Waals surface area contributed by atoms with Crippen molar-refractivity contribution in [1.82, 2.24) is 10.3 Å². The zero-order valence-corrected chi connectivity index (χ0v) is 9.04. The fourth-order valence-corrected chi connectivity index (χ4v) is 1.98. The van der Waals surface area contributed by atoms with Crippen molar-refractivity contribution < 1.29 is 4.42 Å². The highest BCUT2D eigenvalue weighted by Gasteiger charge is 2.16. The van der Waals surface area contributed by atoms with Gasteiger partial charge in [0.1, 0.15) is 6.26 Å². The predicted molar refractivity (Wildman–Crippen MR) is 58.6 cm³/mol. The summed E-state index contributed by atoms with van der Waals surface area (Å²) in [5, 5.41) is 3.44. The summed E-state index contributed by atoms with van der Waals surface area (Å²) in [6.45, 7) is 1.85. The highest BCUT2D eigenvalue weighted by atomic mass is 16.3. The van der Waals surface area contributed by atoms with Crippen molar-refractivity contribution in [3.8, 4) is 0 Å². The van der Waals surface area contributed by atoms with Crippen molar-refractivity contribution in [2.75, 3.05) is 13.1 Å². The third kappa shape index (κ3) is 3.04. The first kappa shape index (κ1) is 10.6. The van der Waals surface area contributed by atoms with Crippen LogP contribution in [0.1, 0.15) is 30.8 Å².